The van der Waals surface area contributed by atoms with Crippen LogP contribution in [0.3, 0.4) is 0 Å². The fourth-order valence-corrected chi connectivity index (χ4v) is 3.86. The molecule has 0 aromatic carbocycles. The molecule has 4 N–H and O–H groups in total. The molecule has 0 spiro atoms. The molecular weight excluding hydrogens is 384 g/mol. The zero-order chi connectivity index (χ0) is 22.1. The molecular formula is C24H36O6. The third kappa shape index (κ3) is 7.84. The number of cyclic esters (lactones) is 1. The van der Waals surface area contributed by atoms with Crippen molar-refractivity contribution in [1.82, 2.24) is 0 Å². The van der Waals surface area contributed by atoms with Crippen molar-refractivity contribution in [2.45, 2.75) is 82.4 Å². The van der Waals surface area contributed by atoms with E-state index in [4.69, 9.17) is 4.74 Å². The van der Waals surface area contributed by atoms with Gasteiger partial charge in [-0.1, -0.05) is 49.8 Å². The van der Waals surface area contributed by atoms with Gasteiger partial charge in [0.25, 0.3) is 0 Å². The van der Waals surface area contributed by atoms with Gasteiger partial charge in [-0.05, 0) is 44.6 Å². The van der Waals surface area contributed by atoms with Crippen molar-refractivity contribution in [3.8, 4) is 0 Å². The minimum absolute atomic E-state index is 0.0254. The molecule has 0 aromatic rings. The highest BCUT2D eigenvalue weighted by molar-refractivity contribution is 5.83. The fourth-order valence-electron chi connectivity index (χ4n) is 3.86. The van der Waals surface area contributed by atoms with Crippen LogP contribution in [0, 0.1) is 11.8 Å². The maximum atomic E-state index is 11.5. The van der Waals surface area contributed by atoms with Crippen LogP contribution in [0.5, 0.6) is 0 Å². The van der Waals surface area contributed by atoms with Crippen LogP contribution in [-0.4, -0.2) is 56.4 Å². The highest BCUT2D eigenvalue weighted by atomic mass is 16.5. The van der Waals surface area contributed by atoms with Crippen molar-refractivity contribution in [3.05, 3.63) is 48.6 Å². The molecule has 7 atom stereocenters. The van der Waals surface area contributed by atoms with E-state index in [1.54, 1.807) is 24.3 Å². The van der Waals surface area contributed by atoms with Gasteiger partial charge in [-0.25, -0.2) is 4.79 Å². The van der Waals surface area contributed by atoms with E-state index in [0.717, 1.165) is 32.1 Å². The average Bonchev–Trinajstić information content (AvgIpc) is 2.70. The molecule has 6 heteroatoms. The van der Waals surface area contributed by atoms with Crippen molar-refractivity contribution >= 4 is 5.97 Å². The van der Waals surface area contributed by atoms with Gasteiger partial charge in [0.2, 0.25) is 0 Å². The molecule has 0 saturated heterocycles. The first-order valence-electron chi connectivity index (χ1n) is 10.9. The minimum atomic E-state index is -1.57. The summed E-state index contributed by atoms with van der Waals surface area (Å²) < 4.78 is 5.28. The quantitative estimate of drug-likeness (QED) is 0.259. The molecule has 1 heterocycles. The van der Waals surface area contributed by atoms with Crippen molar-refractivity contribution in [1.29, 1.82) is 0 Å². The maximum absolute atomic E-state index is 11.5. The van der Waals surface area contributed by atoms with E-state index < -0.39 is 29.9 Å². The van der Waals surface area contributed by atoms with E-state index in [-0.39, 0.29) is 18.4 Å². The number of aliphatic hydroxyl groups is 4. The van der Waals surface area contributed by atoms with E-state index in [0.29, 0.717) is 5.92 Å². The van der Waals surface area contributed by atoms with E-state index in [1.165, 1.54) is 19.1 Å². The second-order valence-electron chi connectivity index (χ2n) is 8.59. The number of carbonyl (C=O) groups is 1. The molecule has 1 saturated carbocycles. The molecule has 1 aliphatic carbocycles. The molecule has 0 radical (unpaired) electrons. The standard InChI is InChI=1S/C24H36O6/c1-3-18-11-12-23(28)30-21(18)13-14-24(2,29)22(27)16-20(26)9-5-4-7-17-8-6-10-19(25)15-17/h4-5,7,9,11-14,17-22,25-27,29H,3,6,8,10,15-16H2,1-2H3. The third-order valence-corrected chi connectivity index (χ3v) is 5.90. The van der Waals surface area contributed by atoms with Gasteiger partial charge in [0, 0.05) is 18.4 Å². The van der Waals surface area contributed by atoms with Gasteiger partial charge >= 0.3 is 5.97 Å². The van der Waals surface area contributed by atoms with E-state index in [9.17, 15) is 25.2 Å². The van der Waals surface area contributed by atoms with Crippen LogP contribution in [0.2, 0.25) is 0 Å². The summed E-state index contributed by atoms with van der Waals surface area (Å²) in [5.74, 6) is -0.0499. The number of allylic oxidation sites excluding steroid dienone is 3. The molecule has 1 aliphatic heterocycles. The van der Waals surface area contributed by atoms with Gasteiger partial charge in [0.05, 0.1) is 18.3 Å². The lowest BCUT2D eigenvalue weighted by atomic mass is 9.87. The Bertz CT molecular complexity index is 663. The van der Waals surface area contributed by atoms with Crippen molar-refractivity contribution in [2.75, 3.05) is 0 Å². The fraction of sp³-hybridized carbons (Fsp3) is 0.625. The molecule has 30 heavy (non-hydrogen) atoms. The number of hydrogen-bond donors (Lipinski definition) is 4. The topological polar surface area (TPSA) is 107 Å². The monoisotopic (exact) mass is 420 g/mol. The van der Waals surface area contributed by atoms with Crippen LogP contribution >= 0.6 is 0 Å². The lowest BCUT2D eigenvalue weighted by molar-refractivity contribution is -0.143. The summed E-state index contributed by atoms with van der Waals surface area (Å²) >= 11 is 0. The number of hydrogen-bond acceptors (Lipinski definition) is 6. The Labute approximate surface area is 179 Å². The second kappa shape index (κ2) is 11.6. The molecule has 2 aliphatic rings. The number of esters is 1. The average molecular weight is 421 g/mol. The minimum Gasteiger partial charge on any atom is -0.454 e. The van der Waals surface area contributed by atoms with Gasteiger partial charge in [-0.3, -0.25) is 0 Å². The number of rotatable bonds is 9. The molecule has 6 nitrogen and oxygen atoms in total. The Morgan fingerprint density at radius 3 is 2.73 bits per heavy atom. The molecule has 0 amide bonds. The van der Waals surface area contributed by atoms with Crippen molar-refractivity contribution < 1.29 is 30.0 Å². The second-order valence-corrected chi connectivity index (χ2v) is 8.59. The van der Waals surface area contributed by atoms with E-state index in [1.807, 2.05) is 19.1 Å². The van der Waals surface area contributed by atoms with Gasteiger partial charge in [0.15, 0.2) is 0 Å². The normalized spacial score (nSPS) is 31.9. The number of carbonyl (C=O) groups excluding carboxylic acids is 1. The predicted octanol–water partition coefficient (Wildman–Crippen LogP) is 2.58. The molecule has 1 fully saturated rings. The number of ether oxygens (including phenoxy) is 1. The Kier molecular flexibility index (Phi) is 9.49. The summed E-state index contributed by atoms with van der Waals surface area (Å²) in [6.45, 7) is 3.44. The summed E-state index contributed by atoms with van der Waals surface area (Å²) in [7, 11) is 0. The Morgan fingerprint density at radius 2 is 2.03 bits per heavy atom. The van der Waals surface area contributed by atoms with Crippen molar-refractivity contribution in [2.24, 2.45) is 11.8 Å². The Morgan fingerprint density at radius 1 is 1.27 bits per heavy atom. The van der Waals surface area contributed by atoms with Crippen LogP contribution < -0.4 is 0 Å². The molecule has 0 bridgehead atoms. The summed E-state index contributed by atoms with van der Waals surface area (Å²) in [4.78, 5) is 11.5. The molecule has 2 rings (SSSR count). The first kappa shape index (κ1) is 24.5. The number of aliphatic hydroxyl groups excluding tert-OH is 3. The van der Waals surface area contributed by atoms with Crippen LogP contribution in [0.15, 0.2) is 48.6 Å². The molecule has 7 unspecified atom stereocenters. The summed E-state index contributed by atoms with van der Waals surface area (Å²) in [5, 5.41) is 40.8. The van der Waals surface area contributed by atoms with Gasteiger partial charge in [-0.2, -0.15) is 0 Å². The summed E-state index contributed by atoms with van der Waals surface area (Å²) in [6.07, 6.45) is 15.0. The van der Waals surface area contributed by atoms with E-state index >= 15 is 0 Å². The first-order chi connectivity index (χ1) is 14.2. The third-order valence-electron chi connectivity index (χ3n) is 5.90. The Balaban J connectivity index is 1.84. The maximum Gasteiger partial charge on any atom is 0.331 e. The van der Waals surface area contributed by atoms with Crippen molar-refractivity contribution in [3.63, 3.8) is 0 Å². The first-order valence-corrected chi connectivity index (χ1v) is 10.9. The van der Waals surface area contributed by atoms with E-state index in [2.05, 4.69) is 0 Å². The predicted molar refractivity (Wildman–Crippen MR) is 115 cm³/mol. The smallest absolute Gasteiger partial charge is 0.331 e. The summed E-state index contributed by atoms with van der Waals surface area (Å²) in [5.41, 5.74) is -1.57. The largest absolute Gasteiger partial charge is 0.454 e. The highest BCUT2D eigenvalue weighted by Crippen LogP contribution is 2.25. The SMILES string of the molecule is CCC1C=CC(=O)OC1C=CC(C)(O)C(O)CC(O)C=CC=CC1CCCC(O)C1. The van der Waals surface area contributed by atoms with Gasteiger partial charge in [-0.15, -0.1) is 0 Å². The lowest BCUT2D eigenvalue weighted by Gasteiger charge is -2.29. The Hall–Kier alpha value is -1.73. The van der Waals surface area contributed by atoms with Gasteiger partial charge < -0.3 is 25.2 Å². The zero-order valence-electron chi connectivity index (χ0n) is 17.9. The zero-order valence-corrected chi connectivity index (χ0v) is 17.9. The molecule has 0 aromatic heterocycles. The van der Waals surface area contributed by atoms with Crippen LogP contribution in [0.1, 0.15) is 52.4 Å². The van der Waals surface area contributed by atoms with Crippen LogP contribution in [0.4, 0.5) is 0 Å². The summed E-state index contributed by atoms with van der Waals surface area (Å²) in [6, 6.07) is 0. The molecule has 168 valence electrons. The lowest BCUT2D eigenvalue weighted by Crippen LogP contribution is -2.40. The highest BCUT2D eigenvalue weighted by Gasteiger charge is 2.30. The van der Waals surface area contributed by atoms with Crippen LogP contribution in [-0.2, 0) is 9.53 Å². The van der Waals surface area contributed by atoms with Crippen LogP contribution in [0.25, 0.3) is 0 Å². The van der Waals surface area contributed by atoms with Gasteiger partial charge in [0.1, 0.15) is 11.7 Å².